The topological polar surface area (TPSA) is 0 Å². The van der Waals surface area contributed by atoms with Crippen molar-refractivity contribution < 1.29 is 17.6 Å². The smallest absolute Gasteiger partial charge is 0.197 e. The number of fused-ring (bicyclic) bond motifs is 3. The van der Waals surface area contributed by atoms with Crippen LogP contribution in [-0.2, 0) is 0 Å². The molecule has 0 saturated carbocycles. The van der Waals surface area contributed by atoms with Crippen LogP contribution in [0.2, 0.25) is 0 Å². The van der Waals surface area contributed by atoms with Crippen LogP contribution in [-0.4, -0.2) is 0 Å². The zero-order valence-corrected chi connectivity index (χ0v) is 8.48. The van der Waals surface area contributed by atoms with E-state index in [1.807, 2.05) is 12.2 Å². The summed E-state index contributed by atoms with van der Waals surface area (Å²) in [7, 11) is 0. The van der Waals surface area contributed by atoms with Crippen LogP contribution in [0.5, 0.6) is 0 Å². The van der Waals surface area contributed by atoms with Gasteiger partial charge in [-0.2, -0.15) is 0 Å². The van der Waals surface area contributed by atoms with Gasteiger partial charge in [-0.25, -0.2) is 17.6 Å². The van der Waals surface area contributed by atoms with Gasteiger partial charge in [0.1, 0.15) is 0 Å². The Labute approximate surface area is 94.3 Å². The van der Waals surface area contributed by atoms with Crippen molar-refractivity contribution in [3.05, 3.63) is 58.7 Å². The van der Waals surface area contributed by atoms with Gasteiger partial charge in [-0.3, -0.25) is 0 Å². The van der Waals surface area contributed by atoms with Crippen molar-refractivity contribution in [2.75, 3.05) is 0 Å². The minimum atomic E-state index is -1.71. The fourth-order valence-corrected chi connectivity index (χ4v) is 3.25. The summed E-state index contributed by atoms with van der Waals surface area (Å²) in [5.41, 5.74) is -0.456. The molecule has 0 bridgehead atoms. The van der Waals surface area contributed by atoms with E-state index >= 15 is 0 Å². The van der Waals surface area contributed by atoms with Gasteiger partial charge in [0.25, 0.3) is 0 Å². The molecule has 1 aromatic carbocycles. The highest BCUT2D eigenvalue weighted by molar-refractivity contribution is 5.62. The van der Waals surface area contributed by atoms with Gasteiger partial charge in [0.2, 0.25) is 0 Å². The van der Waals surface area contributed by atoms with Gasteiger partial charge in [0.05, 0.1) is 0 Å². The number of hydrogen-bond donors (Lipinski definition) is 0. The van der Waals surface area contributed by atoms with E-state index in [0.29, 0.717) is 0 Å². The lowest BCUT2D eigenvalue weighted by molar-refractivity contribution is 0.345. The molecule has 0 N–H and O–H groups in total. The molecule has 17 heavy (non-hydrogen) atoms. The molecule has 0 radical (unpaired) electrons. The summed E-state index contributed by atoms with van der Waals surface area (Å²) in [6.07, 6.45) is 7.11. The van der Waals surface area contributed by atoms with Crippen molar-refractivity contribution in [1.29, 1.82) is 0 Å². The third kappa shape index (κ3) is 0.751. The van der Waals surface area contributed by atoms with E-state index in [0.717, 1.165) is 0 Å². The van der Waals surface area contributed by atoms with Gasteiger partial charge < -0.3 is 0 Å². The Bertz CT molecular complexity index is 572. The van der Waals surface area contributed by atoms with Crippen molar-refractivity contribution in [3.8, 4) is 0 Å². The van der Waals surface area contributed by atoms with E-state index in [1.165, 1.54) is 0 Å². The van der Waals surface area contributed by atoms with Crippen LogP contribution >= 0.6 is 0 Å². The summed E-state index contributed by atoms with van der Waals surface area (Å²) < 4.78 is 53.9. The first-order chi connectivity index (χ1) is 8.08. The molecule has 0 nitrogen and oxygen atoms in total. The predicted octanol–water partition coefficient (Wildman–Crippen LogP) is 3.55. The van der Waals surface area contributed by atoms with Gasteiger partial charge in [-0.1, -0.05) is 24.3 Å². The standard InChI is InChI=1S/C13H6F4/c14-9-7-5-1-3-13(5)4-2-6(13)8(7)10(15)12(17)11(9)16/h1-6H/t5-,6-,13?/m1/s1. The zero-order valence-electron chi connectivity index (χ0n) is 8.48. The average Bonchev–Trinajstić information content (AvgIpc) is 2.36. The summed E-state index contributed by atoms with van der Waals surface area (Å²) in [6.45, 7) is 0. The lowest BCUT2D eigenvalue weighted by Crippen LogP contribution is -2.35. The average molecular weight is 238 g/mol. The number of hydrogen-bond acceptors (Lipinski definition) is 0. The lowest BCUT2D eigenvalue weighted by Gasteiger charge is -2.45. The molecule has 4 rings (SSSR count). The molecule has 3 aliphatic rings. The summed E-state index contributed by atoms with van der Waals surface area (Å²) in [5, 5.41) is 0. The van der Waals surface area contributed by atoms with Crippen LogP contribution in [0.4, 0.5) is 17.6 Å². The molecule has 4 heteroatoms. The number of halogens is 4. The minimum absolute atomic E-state index is 0.0149. The van der Waals surface area contributed by atoms with Crippen LogP contribution < -0.4 is 0 Å². The molecular weight excluding hydrogens is 232 g/mol. The quantitative estimate of drug-likeness (QED) is 0.280. The zero-order chi connectivity index (χ0) is 11.9. The Morgan fingerprint density at radius 3 is 1.41 bits per heavy atom. The Morgan fingerprint density at radius 1 is 0.706 bits per heavy atom. The SMILES string of the molecule is Fc1c(F)c(F)c2c(c1F)[C@H]1C=CC13C=C[C@H]23. The van der Waals surface area contributed by atoms with Crippen LogP contribution in [0.15, 0.2) is 24.3 Å². The van der Waals surface area contributed by atoms with E-state index in [-0.39, 0.29) is 23.0 Å². The van der Waals surface area contributed by atoms with E-state index < -0.39 is 28.7 Å². The van der Waals surface area contributed by atoms with Gasteiger partial charge in [-0.05, 0) is 0 Å². The predicted molar refractivity (Wildman–Crippen MR) is 52.5 cm³/mol. The number of rotatable bonds is 0. The first-order valence-electron chi connectivity index (χ1n) is 5.32. The molecule has 0 saturated heterocycles. The molecule has 3 aliphatic carbocycles. The molecule has 1 aromatic rings. The fourth-order valence-electron chi connectivity index (χ4n) is 3.25. The minimum Gasteiger partial charge on any atom is -0.203 e. The van der Waals surface area contributed by atoms with E-state index in [1.54, 1.807) is 12.2 Å². The first-order valence-corrected chi connectivity index (χ1v) is 5.32. The summed E-state index contributed by atoms with van der Waals surface area (Å²) >= 11 is 0. The third-order valence-corrected chi connectivity index (χ3v) is 4.20. The monoisotopic (exact) mass is 238 g/mol. The summed E-state index contributed by atoms with van der Waals surface area (Å²) in [4.78, 5) is 0. The molecular formula is C13H6F4. The highest BCUT2D eigenvalue weighted by Gasteiger charge is 2.59. The van der Waals surface area contributed by atoms with Crippen molar-refractivity contribution in [3.63, 3.8) is 0 Å². The van der Waals surface area contributed by atoms with Gasteiger partial charge in [0, 0.05) is 28.4 Å². The molecule has 0 unspecified atom stereocenters. The highest BCUT2D eigenvalue weighted by atomic mass is 19.2. The maximum atomic E-state index is 13.7. The molecule has 0 aromatic heterocycles. The molecule has 2 atom stereocenters. The van der Waals surface area contributed by atoms with Gasteiger partial charge in [0.15, 0.2) is 23.3 Å². The maximum absolute atomic E-state index is 13.7. The molecule has 0 heterocycles. The van der Waals surface area contributed by atoms with Crippen molar-refractivity contribution in [1.82, 2.24) is 0 Å². The molecule has 1 spiro atoms. The van der Waals surface area contributed by atoms with E-state index in [4.69, 9.17) is 0 Å². The second kappa shape index (κ2) is 2.47. The highest BCUT2D eigenvalue weighted by Crippen LogP contribution is 2.68. The molecule has 0 amide bonds. The molecule has 0 aliphatic heterocycles. The fraction of sp³-hybridized carbons (Fsp3) is 0.231. The third-order valence-electron chi connectivity index (χ3n) is 4.20. The Balaban J connectivity index is 2.11. The second-order valence-electron chi connectivity index (χ2n) is 4.76. The van der Waals surface area contributed by atoms with Crippen LogP contribution in [0.25, 0.3) is 0 Å². The Kier molecular flexibility index (Phi) is 1.37. The van der Waals surface area contributed by atoms with Crippen LogP contribution in [0, 0.1) is 28.7 Å². The summed E-state index contributed by atoms with van der Waals surface area (Å²) in [5.74, 6) is -6.61. The number of allylic oxidation sites excluding steroid dienone is 4. The maximum Gasteiger partial charge on any atom is 0.197 e. The molecule has 0 fully saturated rings. The van der Waals surface area contributed by atoms with Crippen molar-refractivity contribution in [2.45, 2.75) is 11.8 Å². The van der Waals surface area contributed by atoms with Crippen molar-refractivity contribution in [2.24, 2.45) is 5.41 Å². The van der Waals surface area contributed by atoms with E-state index in [2.05, 4.69) is 0 Å². The Morgan fingerprint density at radius 2 is 1.12 bits per heavy atom. The van der Waals surface area contributed by atoms with Gasteiger partial charge >= 0.3 is 0 Å². The van der Waals surface area contributed by atoms with Crippen LogP contribution in [0.1, 0.15) is 23.0 Å². The largest absolute Gasteiger partial charge is 0.203 e. The van der Waals surface area contributed by atoms with E-state index in [9.17, 15) is 17.6 Å². The molecule has 86 valence electrons. The second-order valence-corrected chi connectivity index (χ2v) is 4.76. The number of benzene rings is 1. The lowest BCUT2D eigenvalue weighted by atomic mass is 9.57. The normalized spacial score (nSPS) is 34.8. The van der Waals surface area contributed by atoms with Crippen LogP contribution in [0.3, 0.4) is 0 Å². The first kappa shape index (κ1) is 9.45. The summed E-state index contributed by atoms with van der Waals surface area (Å²) in [6, 6.07) is 0. The van der Waals surface area contributed by atoms with Gasteiger partial charge in [-0.15, -0.1) is 0 Å². The Hall–Kier alpha value is -1.58. The van der Waals surface area contributed by atoms with Crippen molar-refractivity contribution >= 4 is 0 Å².